The van der Waals surface area contributed by atoms with E-state index >= 15 is 0 Å². The molecular formula is C18H21F3N2O. The van der Waals surface area contributed by atoms with Crippen molar-refractivity contribution in [2.75, 3.05) is 13.1 Å². The van der Waals surface area contributed by atoms with Crippen LogP contribution in [0.15, 0.2) is 40.8 Å². The molecule has 0 saturated heterocycles. The summed E-state index contributed by atoms with van der Waals surface area (Å²) in [4.78, 5) is 6.62. The van der Waals surface area contributed by atoms with Gasteiger partial charge < -0.3 is 4.42 Å². The van der Waals surface area contributed by atoms with Crippen LogP contribution in [0, 0.1) is 6.92 Å². The van der Waals surface area contributed by atoms with Gasteiger partial charge in [0.05, 0.1) is 11.3 Å². The van der Waals surface area contributed by atoms with Crippen LogP contribution in [0.5, 0.6) is 0 Å². The largest absolute Gasteiger partial charge is 0.441 e. The molecule has 6 heteroatoms. The molecule has 0 radical (unpaired) electrons. The lowest BCUT2D eigenvalue weighted by molar-refractivity contribution is -0.137. The summed E-state index contributed by atoms with van der Waals surface area (Å²) < 4.78 is 43.5. The van der Waals surface area contributed by atoms with Crippen molar-refractivity contribution in [2.24, 2.45) is 0 Å². The third-order valence-corrected chi connectivity index (χ3v) is 3.67. The Bertz CT molecular complexity index is 702. The van der Waals surface area contributed by atoms with E-state index in [4.69, 9.17) is 4.42 Å². The van der Waals surface area contributed by atoms with Crippen LogP contribution in [0.4, 0.5) is 13.2 Å². The van der Waals surface area contributed by atoms with E-state index in [1.165, 1.54) is 12.1 Å². The summed E-state index contributed by atoms with van der Waals surface area (Å²) in [6.07, 6.45) is -4.35. The molecule has 0 amide bonds. The van der Waals surface area contributed by atoms with E-state index in [0.717, 1.165) is 36.5 Å². The van der Waals surface area contributed by atoms with Crippen LogP contribution in [-0.4, -0.2) is 23.0 Å². The first-order valence-corrected chi connectivity index (χ1v) is 7.71. The molecule has 0 bridgehead atoms. The van der Waals surface area contributed by atoms with E-state index in [9.17, 15) is 13.2 Å². The number of likely N-dealkylation sites (N-methyl/N-ethyl adjacent to an activating group) is 1. The molecule has 0 fully saturated rings. The number of nitrogens with zero attached hydrogens (tertiary/aromatic N) is 2. The van der Waals surface area contributed by atoms with Gasteiger partial charge in [0.2, 0.25) is 5.89 Å². The second kappa shape index (κ2) is 7.21. The summed E-state index contributed by atoms with van der Waals surface area (Å²) >= 11 is 0. The Kier molecular flexibility index (Phi) is 5.49. The Morgan fingerprint density at radius 1 is 1.25 bits per heavy atom. The average Bonchev–Trinajstić information content (AvgIpc) is 2.86. The highest BCUT2D eigenvalue weighted by atomic mass is 19.4. The van der Waals surface area contributed by atoms with Gasteiger partial charge in [0.1, 0.15) is 5.76 Å². The molecule has 0 N–H and O–H groups in total. The first kappa shape index (κ1) is 18.3. The number of benzene rings is 1. The SMILES string of the molecule is C=C(C)CN(CC)Cc1nc(-c2ccc(C(F)(F)F)cc2)oc1C. The van der Waals surface area contributed by atoms with Crippen molar-refractivity contribution in [1.29, 1.82) is 0 Å². The third kappa shape index (κ3) is 4.47. The molecule has 0 aliphatic carbocycles. The fourth-order valence-electron chi connectivity index (χ4n) is 2.37. The Hall–Kier alpha value is -2.08. The minimum absolute atomic E-state index is 0.336. The zero-order valence-electron chi connectivity index (χ0n) is 14.1. The molecule has 0 aliphatic heterocycles. The van der Waals surface area contributed by atoms with Crippen molar-refractivity contribution in [3.05, 3.63) is 53.4 Å². The molecule has 0 atom stereocenters. The van der Waals surface area contributed by atoms with Crippen LogP contribution in [0.2, 0.25) is 0 Å². The van der Waals surface area contributed by atoms with Gasteiger partial charge in [0.25, 0.3) is 0 Å². The zero-order valence-corrected chi connectivity index (χ0v) is 14.1. The maximum atomic E-state index is 12.6. The lowest BCUT2D eigenvalue weighted by Crippen LogP contribution is -2.25. The molecule has 1 heterocycles. The normalized spacial score (nSPS) is 12.0. The first-order valence-electron chi connectivity index (χ1n) is 7.71. The fourth-order valence-corrected chi connectivity index (χ4v) is 2.37. The van der Waals surface area contributed by atoms with Crippen molar-refractivity contribution in [1.82, 2.24) is 9.88 Å². The standard InChI is InChI=1S/C18H21F3N2O/c1-5-23(10-12(2)3)11-16-13(4)24-17(22-16)14-6-8-15(9-7-14)18(19,20)21/h6-9H,2,5,10-11H2,1,3-4H3. The summed E-state index contributed by atoms with van der Waals surface area (Å²) in [5.74, 6) is 1.01. The smallest absolute Gasteiger partial charge is 0.416 e. The maximum Gasteiger partial charge on any atom is 0.416 e. The maximum absolute atomic E-state index is 12.6. The number of hydrogen-bond acceptors (Lipinski definition) is 3. The number of aromatic nitrogens is 1. The van der Waals surface area contributed by atoms with E-state index in [-0.39, 0.29) is 0 Å². The van der Waals surface area contributed by atoms with Crippen molar-refractivity contribution < 1.29 is 17.6 Å². The Morgan fingerprint density at radius 3 is 2.38 bits per heavy atom. The molecule has 0 aliphatic rings. The number of aryl methyl sites for hydroxylation is 1. The summed E-state index contributed by atoms with van der Waals surface area (Å²) in [5.41, 5.74) is 1.68. The molecule has 2 rings (SSSR count). The number of alkyl halides is 3. The Morgan fingerprint density at radius 2 is 1.88 bits per heavy atom. The van der Waals surface area contributed by atoms with Crippen LogP contribution < -0.4 is 0 Å². The predicted molar refractivity (Wildman–Crippen MR) is 87.4 cm³/mol. The minimum atomic E-state index is -4.35. The van der Waals surface area contributed by atoms with Crippen LogP contribution in [0.25, 0.3) is 11.5 Å². The number of halogens is 3. The molecule has 1 aromatic heterocycles. The summed E-state index contributed by atoms with van der Waals surface area (Å²) in [7, 11) is 0. The average molecular weight is 338 g/mol. The summed E-state index contributed by atoms with van der Waals surface area (Å²) in [6.45, 7) is 12.0. The topological polar surface area (TPSA) is 29.3 Å². The van der Waals surface area contributed by atoms with Crippen LogP contribution in [0.1, 0.15) is 30.9 Å². The molecular weight excluding hydrogens is 317 g/mol. The molecule has 130 valence electrons. The molecule has 1 aromatic carbocycles. The predicted octanol–water partition coefficient (Wildman–Crippen LogP) is 5.07. The van der Waals surface area contributed by atoms with Crippen molar-refractivity contribution in [2.45, 2.75) is 33.5 Å². The van der Waals surface area contributed by atoms with Gasteiger partial charge in [-0.25, -0.2) is 4.98 Å². The van der Waals surface area contributed by atoms with Gasteiger partial charge in [0.15, 0.2) is 0 Å². The Labute approximate surface area is 139 Å². The first-order chi connectivity index (χ1) is 11.2. The van der Waals surface area contributed by atoms with E-state index in [2.05, 4.69) is 23.4 Å². The summed E-state index contributed by atoms with van der Waals surface area (Å²) in [5, 5.41) is 0. The van der Waals surface area contributed by atoms with Gasteiger partial charge in [-0.3, -0.25) is 4.90 Å². The molecule has 0 unspecified atom stereocenters. The number of hydrogen-bond donors (Lipinski definition) is 0. The minimum Gasteiger partial charge on any atom is -0.441 e. The fraction of sp³-hybridized carbons (Fsp3) is 0.389. The number of oxazole rings is 1. The zero-order chi connectivity index (χ0) is 17.9. The van der Waals surface area contributed by atoms with Gasteiger partial charge >= 0.3 is 6.18 Å². The molecule has 3 nitrogen and oxygen atoms in total. The van der Waals surface area contributed by atoms with E-state index < -0.39 is 11.7 Å². The van der Waals surface area contributed by atoms with Crippen molar-refractivity contribution in [3.8, 4) is 11.5 Å². The third-order valence-electron chi connectivity index (χ3n) is 3.67. The van der Waals surface area contributed by atoms with Crippen molar-refractivity contribution in [3.63, 3.8) is 0 Å². The second-order valence-corrected chi connectivity index (χ2v) is 5.86. The van der Waals surface area contributed by atoms with Gasteiger partial charge in [-0.05, 0) is 44.7 Å². The van der Waals surface area contributed by atoms with Crippen LogP contribution in [-0.2, 0) is 12.7 Å². The Balaban J connectivity index is 2.20. The van der Waals surface area contributed by atoms with Gasteiger partial charge in [0, 0.05) is 18.7 Å². The number of rotatable bonds is 6. The van der Waals surface area contributed by atoms with Gasteiger partial charge in [-0.1, -0.05) is 19.1 Å². The summed E-state index contributed by atoms with van der Waals surface area (Å²) in [6, 6.07) is 4.83. The molecule has 24 heavy (non-hydrogen) atoms. The van der Waals surface area contributed by atoms with Gasteiger partial charge in [-0.15, -0.1) is 0 Å². The lowest BCUT2D eigenvalue weighted by atomic mass is 10.1. The molecule has 0 saturated carbocycles. The quantitative estimate of drug-likeness (QED) is 0.689. The highest BCUT2D eigenvalue weighted by Gasteiger charge is 2.30. The highest BCUT2D eigenvalue weighted by Crippen LogP contribution is 2.31. The van der Waals surface area contributed by atoms with Crippen LogP contribution >= 0.6 is 0 Å². The second-order valence-electron chi connectivity index (χ2n) is 5.86. The van der Waals surface area contributed by atoms with E-state index in [1.807, 2.05) is 13.8 Å². The molecule has 0 spiro atoms. The van der Waals surface area contributed by atoms with Crippen molar-refractivity contribution >= 4 is 0 Å². The van der Waals surface area contributed by atoms with Gasteiger partial charge in [-0.2, -0.15) is 13.2 Å². The monoisotopic (exact) mass is 338 g/mol. The highest BCUT2D eigenvalue weighted by molar-refractivity contribution is 5.54. The van der Waals surface area contributed by atoms with E-state index in [1.54, 1.807) is 0 Å². The lowest BCUT2D eigenvalue weighted by Gasteiger charge is -2.19. The molecule has 2 aromatic rings. The van der Waals surface area contributed by atoms with E-state index in [0.29, 0.717) is 23.8 Å². The van der Waals surface area contributed by atoms with Crippen LogP contribution in [0.3, 0.4) is 0 Å².